The van der Waals surface area contributed by atoms with Crippen LogP contribution in [0, 0.1) is 0 Å². The SMILES string of the molecule is CCOC(O)C(C)(CC1CC(c2ccc(CCCO)cc2)=NO1)S(C)(=O)=O. The van der Waals surface area contributed by atoms with Gasteiger partial charge in [-0.2, -0.15) is 0 Å². The highest BCUT2D eigenvalue weighted by Gasteiger charge is 2.47. The van der Waals surface area contributed by atoms with E-state index < -0.39 is 27.0 Å². The smallest absolute Gasteiger partial charge is 0.174 e. The molecule has 0 amide bonds. The largest absolute Gasteiger partial charge is 0.396 e. The molecule has 0 spiro atoms. The standard InChI is InChI=1S/C19H29NO6S/c1-4-25-18(22)19(2,27(3,23)24)13-16-12-17(20-26-16)15-9-7-14(8-10-15)6-5-11-21/h7-10,16,18,21-22H,4-6,11-13H2,1-3H3. The van der Waals surface area contributed by atoms with E-state index >= 15 is 0 Å². The number of nitrogens with zero attached hydrogens (tertiary/aromatic N) is 1. The molecule has 1 aliphatic heterocycles. The summed E-state index contributed by atoms with van der Waals surface area (Å²) in [5.74, 6) is 0. The Hall–Kier alpha value is -1.48. The van der Waals surface area contributed by atoms with Crippen molar-refractivity contribution in [2.75, 3.05) is 19.5 Å². The second-order valence-electron chi connectivity index (χ2n) is 7.09. The summed E-state index contributed by atoms with van der Waals surface area (Å²) in [5.41, 5.74) is 2.79. The molecule has 0 saturated carbocycles. The summed E-state index contributed by atoms with van der Waals surface area (Å²) in [6.45, 7) is 3.54. The van der Waals surface area contributed by atoms with Crippen LogP contribution < -0.4 is 0 Å². The van der Waals surface area contributed by atoms with Gasteiger partial charge in [0.1, 0.15) is 10.9 Å². The molecule has 0 aliphatic carbocycles. The van der Waals surface area contributed by atoms with Crippen LogP contribution in [0.15, 0.2) is 29.4 Å². The van der Waals surface area contributed by atoms with Crippen LogP contribution in [0.1, 0.15) is 44.2 Å². The van der Waals surface area contributed by atoms with Crippen molar-refractivity contribution in [2.24, 2.45) is 5.16 Å². The monoisotopic (exact) mass is 399 g/mol. The van der Waals surface area contributed by atoms with E-state index in [4.69, 9.17) is 14.7 Å². The second-order valence-corrected chi connectivity index (χ2v) is 9.57. The van der Waals surface area contributed by atoms with Crippen LogP contribution in [0.3, 0.4) is 0 Å². The Morgan fingerprint density at radius 3 is 2.59 bits per heavy atom. The minimum absolute atomic E-state index is 0.0780. The van der Waals surface area contributed by atoms with E-state index in [1.165, 1.54) is 6.92 Å². The van der Waals surface area contributed by atoms with E-state index in [9.17, 15) is 13.5 Å². The minimum atomic E-state index is -3.60. The van der Waals surface area contributed by atoms with Crippen LogP contribution in [-0.2, 0) is 25.8 Å². The zero-order valence-corrected chi connectivity index (χ0v) is 16.9. The molecular weight excluding hydrogens is 370 g/mol. The van der Waals surface area contributed by atoms with E-state index in [-0.39, 0.29) is 19.6 Å². The summed E-state index contributed by atoms with van der Waals surface area (Å²) >= 11 is 0. The Balaban J connectivity index is 2.05. The number of oxime groups is 1. The third-order valence-corrected chi connectivity index (χ3v) is 7.03. The number of sulfone groups is 1. The predicted octanol–water partition coefficient (Wildman–Crippen LogP) is 1.65. The first kappa shape index (κ1) is 21.8. The lowest BCUT2D eigenvalue weighted by Gasteiger charge is -2.33. The molecule has 0 radical (unpaired) electrons. The molecule has 27 heavy (non-hydrogen) atoms. The number of aryl methyl sites for hydroxylation is 1. The van der Waals surface area contributed by atoms with Crippen LogP contribution in [0.5, 0.6) is 0 Å². The lowest BCUT2D eigenvalue weighted by atomic mass is 9.96. The molecule has 1 heterocycles. The van der Waals surface area contributed by atoms with Gasteiger partial charge in [-0.25, -0.2) is 8.42 Å². The lowest BCUT2D eigenvalue weighted by Crippen LogP contribution is -2.49. The van der Waals surface area contributed by atoms with Gasteiger partial charge in [-0.05, 0) is 37.8 Å². The molecule has 0 fully saturated rings. The number of rotatable bonds is 10. The van der Waals surface area contributed by atoms with Crippen molar-refractivity contribution in [2.45, 2.75) is 56.7 Å². The van der Waals surface area contributed by atoms with Crippen molar-refractivity contribution >= 4 is 15.5 Å². The average Bonchev–Trinajstić information content (AvgIpc) is 3.08. The molecule has 152 valence electrons. The topological polar surface area (TPSA) is 105 Å². The summed E-state index contributed by atoms with van der Waals surface area (Å²) in [5, 5.41) is 23.2. The van der Waals surface area contributed by atoms with E-state index in [1.54, 1.807) is 6.92 Å². The first-order chi connectivity index (χ1) is 12.7. The summed E-state index contributed by atoms with van der Waals surface area (Å²) in [7, 11) is -3.60. The summed E-state index contributed by atoms with van der Waals surface area (Å²) in [6, 6.07) is 7.87. The maximum Gasteiger partial charge on any atom is 0.174 e. The van der Waals surface area contributed by atoms with Crippen LogP contribution in [0.4, 0.5) is 0 Å². The highest BCUT2D eigenvalue weighted by molar-refractivity contribution is 7.92. The number of aliphatic hydroxyl groups is 2. The molecule has 1 aliphatic rings. The molecule has 7 nitrogen and oxygen atoms in total. The van der Waals surface area contributed by atoms with Gasteiger partial charge in [0.05, 0.1) is 5.71 Å². The lowest BCUT2D eigenvalue weighted by molar-refractivity contribution is -0.124. The number of benzene rings is 1. The number of aliphatic hydroxyl groups excluding tert-OH is 2. The third kappa shape index (κ3) is 5.28. The molecule has 2 N–H and O–H groups in total. The van der Waals surface area contributed by atoms with Crippen LogP contribution >= 0.6 is 0 Å². The Morgan fingerprint density at radius 2 is 2.04 bits per heavy atom. The maximum atomic E-state index is 12.3. The van der Waals surface area contributed by atoms with Gasteiger partial charge in [0.2, 0.25) is 0 Å². The van der Waals surface area contributed by atoms with Gasteiger partial charge in [-0.1, -0.05) is 29.4 Å². The highest BCUT2D eigenvalue weighted by atomic mass is 32.2. The molecule has 8 heteroatoms. The highest BCUT2D eigenvalue weighted by Crippen LogP contribution is 2.32. The summed E-state index contributed by atoms with van der Waals surface area (Å²) < 4.78 is 28.3. The summed E-state index contributed by atoms with van der Waals surface area (Å²) in [4.78, 5) is 5.46. The molecule has 0 bridgehead atoms. The fraction of sp³-hybridized carbons (Fsp3) is 0.632. The van der Waals surface area contributed by atoms with Crippen molar-refractivity contribution in [3.63, 3.8) is 0 Å². The van der Waals surface area contributed by atoms with Crippen molar-refractivity contribution in [3.8, 4) is 0 Å². The number of hydrogen-bond acceptors (Lipinski definition) is 7. The van der Waals surface area contributed by atoms with Gasteiger partial charge in [0.15, 0.2) is 16.1 Å². The molecule has 0 aromatic heterocycles. The third-order valence-electron chi connectivity index (χ3n) is 4.97. The molecule has 1 aromatic carbocycles. The molecule has 0 saturated heterocycles. The van der Waals surface area contributed by atoms with E-state index in [1.807, 2.05) is 24.3 Å². The maximum absolute atomic E-state index is 12.3. The van der Waals surface area contributed by atoms with Crippen LogP contribution in [0.2, 0.25) is 0 Å². The van der Waals surface area contributed by atoms with Gasteiger partial charge in [-0.3, -0.25) is 0 Å². The molecular formula is C19H29NO6S. The second kappa shape index (κ2) is 9.14. The summed E-state index contributed by atoms with van der Waals surface area (Å²) in [6.07, 6.45) is 1.27. The first-order valence-electron chi connectivity index (χ1n) is 9.13. The van der Waals surface area contributed by atoms with Gasteiger partial charge in [0, 0.05) is 32.3 Å². The van der Waals surface area contributed by atoms with Crippen molar-refractivity contribution in [1.29, 1.82) is 0 Å². The Morgan fingerprint density at radius 1 is 1.37 bits per heavy atom. The van der Waals surface area contributed by atoms with Gasteiger partial charge in [0.25, 0.3) is 0 Å². The van der Waals surface area contributed by atoms with Crippen LogP contribution in [0.25, 0.3) is 0 Å². The zero-order chi connectivity index (χ0) is 20.1. The van der Waals surface area contributed by atoms with E-state index in [0.29, 0.717) is 6.42 Å². The zero-order valence-electron chi connectivity index (χ0n) is 16.1. The fourth-order valence-corrected chi connectivity index (χ4v) is 4.00. The molecule has 2 rings (SSSR count). The Labute approximate surface area is 160 Å². The molecule has 3 unspecified atom stereocenters. The predicted molar refractivity (Wildman–Crippen MR) is 103 cm³/mol. The normalized spacial score (nSPS) is 20.6. The molecule has 3 atom stereocenters. The van der Waals surface area contributed by atoms with E-state index in [2.05, 4.69) is 5.16 Å². The Bertz CT molecular complexity index is 746. The first-order valence-corrected chi connectivity index (χ1v) is 11.0. The van der Waals surface area contributed by atoms with Gasteiger partial charge >= 0.3 is 0 Å². The van der Waals surface area contributed by atoms with Crippen LogP contribution in [-0.4, -0.2) is 61.0 Å². The molecule has 1 aromatic rings. The van der Waals surface area contributed by atoms with Crippen molar-refractivity contribution < 1.29 is 28.2 Å². The quantitative estimate of drug-likeness (QED) is 0.580. The minimum Gasteiger partial charge on any atom is -0.396 e. The van der Waals surface area contributed by atoms with Gasteiger partial charge < -0.3 is 19.8 Å². The number of hydrogen-bond donors (Lipinski definition) is 2. The van der Waals surface area contributed by atoms with Crippen molar-refractivity contribution in [3.05, 3.63) is 35.4 Å². The van der Waals surface area contributed by atoms with Gasteiger partial charge in [-0.15, -0.1) is 0 Å². The average molecular weight is 400 g/mol. The fourth-order valence-electron chi connectivity index (χ4n) is 3.08. The van der Waals surface area contributed by atoms with Crippen molar-refractivity contribution in [1.82, 2.24) is 0 Å². The Kier molecular flexibility index (Phi) is 7.39. The number of ether oxygens (including phenoxy) is 1. The van der Waals surface area contributed by atoms with E-state index in [0.717, 1.165) is 35.9 Å².